The van der Waals surface area contributed by atoms with Gasteiger partial charge in [-0.25, -0.2) is 14.8 Å². The highest BCUT2D eigenvalue weighted by Gasteiger charge is 2.18. The van der Waals surface area contributed by atoms with Crippen molar-refractivity contribution in [3.05, 3.63) is 51.2 Å². The summed E-state index contributed by atoms with van der Waals surface area (Å²) in [7, 11) is 3.07. The third kappa shape index (κ3) is 3.42. The largest absolute Gasteiger partial charge is 0.381 e. The second-order valence-corrected chi connectivity index (χ2v) is 6.75. The normalized spacial score (nSPS) is 11.2. The van der Waals surface area contributed by atoms with Crippen molar-refractivity contribution in [2.45, 2.75) is 11.9 Å². The Kier molecular flexibility index (Phi) is 5.53. The van der Waals surface area contributed by atoms with Gasteiger partial charge in [-0.3, -0.25) is 13.9 Å². The van der Waals surface area contributed by atoms with Gasteiger partial charge in [-0.1, -0.05) is 30.3 Å². The van der Waals surface area contributed by atoms with E-state index < -0.39 is 5.69 Å². The molecular weight excluding hydrogens is 352 g/mol. The van der Waals surface area contributed by atoms with Gasteiger partial charge < -0.3 is 4.74 Å². The Labute approximate surface area is 154 Å². The van der Waals surface area contributed by atoms with Gasteiger partial charge in [0, 0.05) is 32.0 Å². The van der Waals surface area contributed by atoms with Crippen molar-refractivity contribution in [3.8, 4) is 11.4 Å². The van der Waals surface area contributed by atoms with E-state index in [2.05, 4.69) is 9.97 Å². The van der Waals surface area contributed by atoms with E-state index in [1.165, 1.54) is 23.4 Å². The summed E-state index contributed by atoms with van der Waals surface area (Å²) in [5, 5.41) is 0.917. The summed E-state index contributed by atoms with van der Waals surface area (Å²) in [6.07, 6.45) is 0. The van der Waals surface area contributed by atoms with Gasteiger partial charge in [0.2, 0.25) is 0 Å². The molecule has 0 bridgehead atoms. The first-order valence-corrected chi connectivity index (χ1v) is 9.27. The summed E-state index contributed by atoms with van der Waals surface area (Å²) in [4.78, 5) is 34.1. The van der Waals surface area contributed by atoms with Crippen molar-refractivity contribution in [1.29, 1.82) is 0 Å². The number of fused-ring (bicyclic) bond motifs is 1. The van der Waals surface area contributed by atoms with E-state index in [4.69, 9.17) is 4.74 Å². The van der Waals surface area contributed by atoms with Crippen LogP contribution < -0.4 is 11.2 Å². The van der Waals surface area contributed by atoms with Gasteiger partial charge in [-0.2, -0.15) is 0 Å². The number of nitrogens with zero attached hydrogens (tertiary/aromatic N) is 4. The minimum atomic E-state index is -0.412. The van der Waals surface area contributed by atoms with Crippen molar-refractivity contribution in [2.24, 2.45) is 14.1 Å². The van der Waals surface area contributed by atoms with Crippen LogP contribution in [0.2, 0.25) is 0 Å². The average Bonchev–Trinajstić information content (AvgIpc) is 2.68. The molecule has 0 fully saturated rings. The zero-order valence-electron chi connectivity index (χ0n) is 14.9. The number of ether oxygens (including phenoxy) is 1. The maximum absolute atomic E-state index is 12.7. The molecule has 0 radical (unpaired) electrons. The van der Waals surface area contributed by atoms with E-state index in [9.17, 15) is 9.59 Å². The molecule has 3 aromatic rings. The molecule has 0 saturated heterocycles. The second kappa shape index (κ2) is 7.84. The molecule has 26 heavy (non-hydrogen) atoms. The van der Waals surface area contributed by atoms with Crippen LogP contribution in [-0.2, 0) is 18.8 Å². The number of hydrogen-bond acceptors (Lipinski definition) is 6. The first kappa shape index (κ1) is 18.3. The lowest BCUT2D eigenvalue weighted by atomic mass is 10.2. The molecule has 7 nitrogen and oxygen atoms in total. The monoisotopic (exact) mass is 372 g/mol. The Hall–Kier alpha value is -2.45. The Bertz CT molecular complexity index is 1040. The van der Waals surface area contributed by atoms with Gasteiger partial charge in [-0.15, -0.1) is 11.8 Å². The van der Waals surface area contributed by atoms with Crippen molar-refractivity contribution in [2.75, 3.05) is 19.0 Å². The molecule has 0 aliphatic rings. The quantitative estimate of drug-likeness (QED) is 0.373. The van der Waals surface area contributed by atoms with Gasteiger partial charge in [0.25, 0.3) is 5.56 Å². The van der Waals surface area contributed by atoms with E-state index in [0.29, 0.717) is 40.9 Å². The minimum Gasteiger partial charge on any atom is -0.381 e. The fourth-order valence-electron chi connectivity index (χ4n) is 2.59. The van der Waals surface area contributed by atoms with Crippen LogP contribution in [0.15, 0.2) is 44.9 Å². The van der Waals surface area contributed by atoms with Crippen molar-refractivity contribution in [3.63, 3.8) is 0 Å². The molecule has 0 aliphatic heterocycles. The number of aryl methyl sites for hydroxylation is 1. The van der Waals surface area contributed by atoms with Gasteiger partial charge in [-0.05, 0) is 6.92 Å². The first-order chi connectivity index (χ1) is 12.5. The summed E-state index contributed by atoms with van der Waals surface area (Å²) in [6, 6.07) is 9.50. The van der Waals surface area contributed by atoms with Crippen LogP contribution in [0.25, 0.3) is 22.4 Å². The van der Waals surface area contributed by atoms with Gasteiger partial charge in [0.1, 0.15) is 10.4 Å². The van der Waals surface area contributed by atoms with Gasteiger partial charge in [0.15, 0.2) is 11.5 Å². The molecule has 0 atom stereocenters. The number of aromatic nitrogens is 4. The van der Waals surface area contributed by atoms with Crippen LogP contribution in [0.5, 0.6) is 0 Å². The highest BCUT2D eigenvalue weighted by molar-refractivity contribution is 7.99. The third-order valence-corrected chi connectivity index (χ3v) is 4.91. The predicted octanol–water partition coefficient (Wildman–Crippen LogP) is 1.82. The minimum absolute atomic E-state index is 0.339. The molecule has 0 N–H and O–H groups in total. The van der Waals surface area contributed by atoms with Crippen LogP contribution in [0.3, 0.4) is 0 Å². The molecule has 0 unspecified atom stereocenters. The van der Waals surface area contributed by atoms with E-state index >= 15 is 0 Å². The number of benzene rings is 1. The fourth-order valence-corrected chi connectivity index (χ4v) is 3.46. The SMILES string of the molecule is CCOCCSc1nc(-c2ccccc2)nc2c1c(=O)n(C)c(=O)n2C. The zero-order valence-corrected chi connectivity index (χ0v) is 15.7. The van der Waals surface area contributed by atoms with Crippen LogP contribution in [0.1, 0.15) is 6.92 Å². The van der Waals surface area contributed by atoms with Crippen LogP contribution >= 0.6 is 11.8 Å². The van der Waals surface area contributed by atoms with Gasteiger partial charge >= 0.3 is 5.69 Å². The highest BCUT2D eigenvalue weighted by atomic mass is 32.2. The molecule has 2 aromatic heterocycles. The maximum atomic E-state index is 12.7. The summed E-state index contributed by atoms with van der Waals surface area (Å²) in [5.74, 6) is 1.14. The van der Waals surface area contributed by atoms with Crippen LogP contribution in [0, 0.1) is 0 Å². The second-order valence-electron chi connectivity index (χ2n) is 5.67. The standard InChI is InChI=1S/C18H20N4O3S/c1-4-25-10-11-26-16-13-15(21(2)18(24)22(3)17(13)23)19-14(20-16)12-8-6-5-7-9-12/h5-9H,4,10-11H2,1-3H3. The van der Waals surface area contributed by atoms with E-state index in [-0.39, 0.29) is 5.56 Å². The zero-order chi connectivity index (χ0) is 18.7. The van der Waals surface area contributed by atoms with E-state index in [1.54, 1.807) is 7.05 Å². The van der Waals surface area contributed by atoms with Crippen LogP contribution in [0.4, 0.5) is 0 Å². The van der Waals surface area contributed by atoms with E-state index in [1.807, 2.05) is 37.3 Å². The average molecular weight is 372 g/mol. The summed E-state index contributed by atoms with van der Waals surface area (Å²) in [5.41, 5.74) is 0.368. The molecule has 1 aromatic carbocycles. The lowest BCUT2D eigenvalue weighted by Gasteiger charge is -2.12. The van der Waals surface area contributed by atoms with Crippen molar-refractivity contribution in [1.82, 2.24) is 19.1 Å². The van der Waals surface area contributed by atoms with E-state index in [0.717, 1.165) is 10.1 Å². The summed E-state index contributed by atoms with van der Waals surface area (Å²) in [6.45, 7) is 3.12. The number of thioether (sulfide) groups is 1. The molecule has 0 saturated carbocycles. The Balaban J connectivity index is 2.23. The Morgan fingerprint density at radius 2 is 1.81 bits per heavy atom. The number of hydrogen-bond donors (Lipinski definition) is 0. The molecular formula is C18H20N4O3S. The molecule has 0 amide bonds. The lowest BCUT2D eigenvalue weighted by Crippen LogP contribution is -2.37. The van der Waals surface area contributed by atoms with Crippen molar-refractivity contribution >= 4 is 22.8 Å². The maximum Gasteiger partial charge on any atom is 0.332 e. The lowest BCUT2D eigenvalue weighted by molar-refractivity contribution is 0.164. The Morgan fingerprint density at radius 1 is 1.08 bits per heavy atom. The molecule has 0 aliphatic carbocycles. The Morgan fingerprint density at radius 3 is 2.50 bits per heavy atom. The highest BCUT2D eigenvalue weighted by Crippen LogP contribution is 2.25. The fraction of sp³-hybridized carbons (Fsp3) is 0.333. The van der Waals surface area contributed by atoms with Crippen molar-refractivity contribution < 1.29 is 4.74 Å². The van der Waals surface area contributed by atoms with Gasteiger partial charge in [0.05, 0.1) is 6.61 Å². The van der Waals surface area contributed by atoms with Crippen LogP contribution in [-0.4, -0.2) is 38.1 Å². The smallest absolute Gasteiger partial charge is 0.332 e. The summed E-state index contributed by atoms with van der Waals surface area (Å²) >= 11 is 1.43. The number of rotatable bonds is 6. The molecule has 8 heteroatoms. The first-order valence-electron chi connectivity index (χ1n) is 8.28. The molecule has 3 rings (SSSR count). The summed E-state index contributed by atoms with van der Waals surface area (Å²) < 4.78 is 7.85. The third-order valence-electron chi connectivity index (χ3n) is 3.97. The molecule has 0 spiro atoms. The molecule has 2 heterocycles. The topological polar surface area (TPSA) is 79.0 Å². The predicted molar refractivity (Wildman–Crippen MR) is 103 cm³/mol. The molecule has 136 valence electrons.